The van der Waals surface area contributed by atoms with E-state index in [1.165, 1.54) is 0 Å². The third-order valence-electron chi connectivity index (χ3n) is 4.99. The molecule has 0 radical (unpaired) electrons. The number of carbonyl (C=O) groups is 1. The maximum Gasteiger partial charge on any atom is 0.282 e. The fourth-order valence-corrected chi connectivity index (χ4v) is 4.96. The molecule has 0 bridgehead atoms. The Hall–Kier alpha value is -3.21. The second kappa shape index (κ2) is 7.56. The van der Waals surface area contributed by atoms with Crippen molar-refractivity contribution in [2.24, 2.45) is 4.99 Å². The lowest BCUT2D eigenvalue weighted by Crippen LogP contribution is -2.32. The zero-order valence-corrected chi connectivity index (χ0v) is 17.7. The van der Waals surface area contributed by atoms with Gasteiger partial charge in [0.05, 0.1) is 15.6 Å². The highest BCUT2D eigenvalue weighted by Crippen LogP contribution is 2.39. The molecule has 0 unspecified atom stereocenters. The van der Waals surface area contributed by atoms with Gasteiger partial charge < -0.3 is 0 Å². The molecule has 0 N–H and O–H groups in total. The predicted molar refractivity (Wildman–Crippen MR) is 126 cm³/mol. The topological polar surface area (TPSA) is 32.7 Å². The van der Waals surface area contributed by atoms with Crippen LogP contribution in [0.5, 0.6) is 0 Å². The van der Waals surface area contributed by atoms with Crippen molar-refractivity contribution in [3.05, 3.63) is 106 Å². The number of anilines is 1. The van der Waals surface area contributed by atoms with Crippen LogP contribution in [0.3, 0.4) is 0 Å². The molecule has 0 aliphatic carbocycles. The van der Waals surface area contributed by atoms with Gasteiger partial charge in [0.2, 0.25) is 0 Å². The third-order valence-corrected chi connectivity index (χ3v) is 6.66. The molecule has 0 atom stereocenters. The van der Waals surface area contributed by atoms with Crippen LogP contribution in [-0.2, 0) is 4.79 Å². The van der Waals surface area contributed by atoms with Crippen molar-refractivity contribution in [3.63, 3.8) is 0 Å². The molecule has 1 aromatic heterocycles. The van der Waals surface area contributed by atoms with Crippen LogP contribution in [0.25, 0.3) is 16.2 Å². The lowest BCUT2D eigenvalue weighted by atomic mass is 10.2. The van der Waals surface area contributed by atoms with Crippen molar-refractivity contribution in [1.29, 1.82) is 0 Å². The van der Waals surface area contributed by atoms with Gasteiger partial charge in [0, 0.05) is 10.1 Å². The zero-order valence-electron chi connectivity index (χ0n) is 16.2. The summed E-state index contributed by atoms with van der Waals surface area (Å²) >= 11 is 8.29. The minimum Gasteiger partial charge on any atom is -0.266 e. The first-order valence-electron chi connectivity index (χ1n) is 9.56. The monoisotopic (exact) mass is 428 g/mol. The van der Waals surface area contributed by atoms with Gasteiger partial charge in [-0.05, 0) is 36.8 Å². The van der Waals surface area contributed by atoms with Crippen molar-refractivity contribution in [2.45, 2.75) is 6.92 Å². The molecule has 3 aromatic carbocycles. The predicted octanol–water partition coefficient (Wildman–Crippen LogP) is 6.70. The summed E-state index contributed by atoms with van der Waals surface area (Å²) in [7, 11) is 0. The number of hydrogen-bond donors (Lipinski definition) is 0. The summed E-state index contributed by atoms with van der Waals surface area (Å²) in [5, 5.41) is 1.60. The Morgan fingerprint density at radius 1 is 0.933 bits per heavy atom. The standard InChI is InChI=1S/C25H17ClN2OS/c1-16-11-13-18(14-12-16)28-24(23-22(26)19-9-5-6-10-21(19)30-23)27-20(25(28)29)15-17-7-3-2-4-8-17/h2-15H,1H3/b20-15+. The van der Waals surface area contributed by atoms with Crippen LogP contribution in [-0.4, -0.2) is 11.7 Å². The Kier molecular flexibility index (Phi) is 4.74. The lowest BCUT2D eigenvalue weighted by molar-refractivity contribution is -0.113. The van der Waals surface area contributed by atoms with E-state index in [4.69, 9.17) is 16.6 Å². The average molecular weight is 429 g/mol. The van der Waals surface area contributed by atoms with Gasteiger partial charge in [-0.25, -0.2) is 4.99 Å². The number of fused-ring (bicyclic) bond motifs is 1. The maximum absolute atomic E-state index is 13.4. The number of hydrogen-bond acceptors (Lipinski definition) is 3. The van der Waals surface area contributed by atoms with E-state index in [1.807, 2.05) is 91.9 Å². The van der Waals surface area contributed by atoms with Crippen LogP contribution in [0.1, 0.15) is 16.0 Å². The van der Waals surface area contributed by atoms with Crippen LogP contribution in [0.4, 0.5) is 5.69 Å². The van der Waals surface area contributed by atoms with E-state index in [0.29, 0.717) is 16.6 Å². The molecular weight excluding hydrogens is 412 g/mol. The summed E-state index contributed by atoms with van der Waals surface area (Å²) in [5.41, 5.74) is 3.22. The number of aryl methyl sites for hydroxylation is 1. The number of carbonyl (C=O) groups excluding carboxylic acids is 1. The fourth-order valence-electron chi connectivity index (χ4n) is 3.47. The van der Waals surface area contributed by atoms with E-state index in [0.717, 1.165) is 31.8 Å². The highest BCUT2D eigenvalue weighted by molar-refractivity contribution is 7.21. The van der Waals surface area contributed by atoms with Crippen LogP contribution < -0.4 is 4.90 Å². The van der Waals surface area contributed by atoms with E-state index in [2.05, 4.69) is 0 Å². The van der Waals surface area contributed by atoms with Gasteiger partial charge in [0.15, 0.2) is 5.84 Å². The summed E-state index contributed by atoms with van der Waals surface area (Å²) in [6.07, 6.45) is 1.82. The van der Waals surface area contributed by atoms with Gasteiger partial charge >= 0.3 is 0 Å². The minimum atomic E-state index is -0.161. The van der Waals surface area contributed by atoms with E-state index in [-0.39, 0.29) is 5.91 Å². The average Bonchev–Trinajstić information content (AvgIpc) is 3.27. The van der Waals surface area contributed by atoms with Crippen LogP contribution >= 0.6 is 22.9 Å². The van der Waals surface area contributed by atoms with Crippen LogP contribution in [0, 0.1) is 6.92 Å². The molecule has 5 rings (SSSR count). The number of amides is 1. The Morgan fingerprint density at radius 3 is 2.37 bits per heavy atom. The maximum atomic E-state index is 13.4. The normalized spacial score (nSPS) is 15.3. The quantitative estimate of drug-likeness (QED) is 0.334. The highest BCUT2D eigenvalue weighted by Gasteiger charge is 2.34. The van der Waals surface area contributed by atoms with E-state index >= 15 is 0 Å². The number of benzene rings is 3. The molecule has 1 aliphatic heterocycles. The number of thiophene rings is 1. The molecule has 0 saturated carbocycles. The van der Waals surface area contributed by atoms with Gasteiger partial charge in [0.1, 0.15) is 5.70 Å². The number of rotatable bonds is 3. The first-order valence-corrected chi connectivity index (χ1v) is 10.8. The summed E-state index contributed by atoms with van der Waals surface area (Å²) in [6.45, 7) is 2.02. The first kappa shape index (κ1) is 18.8. The largest absolute Gasteiger partial charge is 0.282 e. The second-order valence-corrected chi connectivity index (χ2v) is 8.52. The molecule has 0 fully saturated rings. The molecule has 2 heterocycles. The molecule has 5 heteroatoms. The molecule has 1 amide bonds. The van der Waals surface area contributed by atoms with Crippen molar-refractivity contribution < 1.29 is 4.79 Å². The van der Waals surface area contributed by atoms with Gasteiger partial charge in [-0.1, -0.05) is 77.8 Å². The molecule has 1 aliphatic rings. The van der Waals surface area contributed by atoms with Crippen LogP contribution in [0.2, 0.25) is 5.02 Å². The molecule has 0 saturated heterocycles. The minimum absolute atomic E-state index is 0.161. The van der Waals surface area contributed by atoms with Crippen molar-refractivity contribution in [2.75, 3.05) is 4.90 Å². The Bertz CT molecular complexity index is 1320. The molecule has 4 aromatic rings. The Labute approximate surface area is 183 Å². The fraction of sp³-hybridized carbons (Fsp3) is 0.0400. The summed E-state index contributed by atoms with van der Waals surface area (Å²) < 4.78 is 1.07. The number of halogens is 1. The number of aliphatic imine (C=N–C) groups is 1. The molecular formula is C25H17ClN2OS. The zero-order chi connectivity index (χ0) is 20.7. The molecule has 3 nitrogen and oxygen atoms in total. The van der Waals surface area contributed by atoms with Crippen molar-refractivity contribution in [1.82, 2.24) is 0 Å². The van der Waals surface area contributed by atoms with Crippen molar-refractivity contribution >= 4 is 56.5 Å². The lowest BCUT2D eigenvalue weighted by Gasteiger charge is -2.18. The van der Waals surface area contributed by atoms with Gasteiger partial charge in [-0.2, -0.15) is 0 Å². The van der Waals surface area contributed by atoms with Crippen LogP contribution in [0.15, 0.2) is 89.6 Å². The Balaban J connectivity index is 1.69. The molecule has 30 heavy (non-hydrogen) atoms. The van der Waals surface area contributed by atoms with E-state index < -0.39 is 0 Å². The van der Waals surface area contributed by atoms with E-state index in [1.54, 1.807) is 16.2 Å². The van der Waals surface area contributed by atoms with E-state index in [9.17, 15) is 4.79 Å². The van der Waals surface area contributed by atoms with Crippen molar-refractivity contribution in [3.8, 4) is 0 Å². The third kappa shape index (κ3) is 3.24. The molecule has 0 spiro atoms. The summed E-state index contributed by atoms with van der Waals surface area (Å²) in [5.74, 6) is 0.406. The highest BCUT2D eigenvalue weighted by atomic mass is 35.5. The van der Waals surface area contributed by atoms with Gasteiger partial charge in [-0.15, -0.1) is 11.3 Å². The van der Waals surface area contributed by atoms with Gasteiger partial charge in [0.25, 0.3) is 5.91 Å². The SMILES string of the molecule is Cc1ccc(N2C(=O)/C(=C\c3ccccc3)N=C2c2sc3ccccc3c2Cl)cc1. The first-order chi connectivity index (χ1) is 14.6. The smallest absolute Gasteiger partial charge is 0.266 e. The second-order valence-electron chi connectivity index (χ2n) is 7.09. The number of amidine groups is 1. The van der Waals surface area contributed by atoms with Gasteiger partial charge in [-0.3, -0.25) is 9.69 Å². The molecule has 146 valence electrons. The summed E-state index contributed by atoms with van der Waals surface area (Å²) in [6, 6.07) is 25.6. The Morgan fingerprint density at radius 2 is 1.63 bits per heavy atom. The summed E-state index contributed by atoms with van der Waals surface area (Å²) in [4.78, 5) is 20.6. The number of nitrogens with zero attached hydrogens (tertiary/aromatic N) is 2.